The molecular formula is C20H14ClFN4O. The molecule has 7 heteroatoms. The van der Waals surface area contributed by atoms with Crippen LogP contribution in [-0.2, 0) is 0 Å². The molecule has 5 nitrogen and oxygen atoms in total. The molecule has 0 atom stereocenters. The summed E-state index contributed by atoms with van der Waals surface area (Å²) in [6.07, 6.45) is 1.64. The third-order valence-electron chi connectivity index (χ3n) is 4.18. The fourth-order valence-corrected chi connectivity index (χ4v) is 2.97. The lowest BCUT2D eigenvalue weighted by Crippen LogP contribution is -2.00. The van der Waals surface area contributed by atoms with Crippen LogP contribution in [0.3, 0.4) is 0 Å². The third-order valence-corrected chi connectivity index (χ3v) is 4.41. The summed E-state index contributed by atoms with van der Waals surface area (Å²) in [7, 11) is 0. The summed E-state index contributed by atoms with van der Waals surface area (Å²) in [5.41, 5.74) is 3.43. The first kappa shape index (κ1) is 17.2. The second-order valence-corrected chi connectivity index (χ2v) is 6.47. The van der Waals surface area contributed by atoms with Gasteiger partial charge in [0.2, 0.25) is 0 Å². The number of nitrogens with zero attached hydrogens (tertiary/aromatic N) is 3. The molecule has 27 heavy (non-hydrogen) atoms. The second kappa shape index (κ2) is 6.81. The number of phenols is 1. The van der Waals surface area contributed by atoms with Crippen LogP contribution in [0.25, 0.3) is 22.2 Å². The molecule has 2 aromatic heterocycles. The Kier molecular flexibility index (Phi) is 4.33. The zero-order valence-corrected chi connectivity index (χ0v) is 15.0. The molecule has 0 fully saturated rings. The molecular weight excluding hydrogens is 367 g/mol. The molecule has 0 saturated heterocycles. The number of halogens is 2. The molecule has 134 valence electrons. The number of anilines is 2. The highest BCUT2D eigenvalue weighted by atomic mass is 35.5. The van der Waals surface area contributed by atoms with Gasteiger partial charge < -0.3 is 10.4 Å². The van der Waals surface area contributed by atoms with Gasteiger partial charge in [-0.2, -0.15) is 10.2 Å². The van der Waals surface area contributed by atoms with Crippen molar-refractivity contribution in [1.82, 2.24) is 15.2 Å². The van der Waals surface area contributed by atoms with Crippen molar-refractivity contribution in [2.75, 3.05) is 5.32 Å². The van der Waals surface area contributed by atoms with Gasteiger partial charge in [0.15, 0.2) is 0 Å². The van der Waals surface area contributed by atoms with Crippen LogP contribution in [0.2, 0.25) is 5.02 Å². The molecule has 0 amide bonds. The first-order valence-corrected chi connectivity index (χ1v) is 8.53. The topological polar surface area (TPSA) is 70.9 Å². The smallest absolute Gasteiger partial charge is 0.132 e. The molecule has 0 aliphatic heterocycles. The van der Waals surface area contributed by atoms with Gasteiger partial charge in [0.05, 0.1) is 22.6 Å². The summed E-state index contributed by atoms with van der Waals surface area (Å²) < 4.78 is 14.2. The number of rotatable bonds is 3. The molecule has 0 spiro atoms. The highest BCUT2D eigenvalue weighted by Crippen LogP contribution is 2.31. The van der Waals surface area contributed by atoms with E-state index in [1.165, 1.54) is 18.2 Å². The Morgan fingerprint density at radius 2 is 1.85 bits per heavy atom. The van der Waals surface area contributed by atoms with Crippen LogP contribution in [0, 0.1) is 12.7 Å². The maximum atomic E-state index is 14.2. The number of fused-ring (bicyclic) bond motifs is 1. The van der Waals surface area contributed by atoms with E-state index in [2.05, 4.69) is 20.5 Å². The fourth-order valence-electron chi connectivity index (χ4n) is 2.80. The van der Waals surface area contributed by atoms with Gasteiger partial charge >= 0.3 is 0 Å². The van der Waals surface area contributed by atoms with Gasteiger partial charge in [-0.1, -0.05) is 11.6 Å². The molecule has 4 rings (SSSR count). The minimum Gasteiger partial charge on any atom is -0.508 e. The van der Waals surface area contributed by atoms with Crippen molar-refractivity contribution in [3.8, 4) is 17.0 Å². The predicted octanol–water partition coefficient (Wildman–Crippen LogP) is 5.24. The average molecular weight is 381 g/mol. The summed E-state index contributed by atoms with van der Waals surface area (Å²) >= 11 is 5.99. The van der Waals surface area contributed by atoms with E-state index >= 15 is 0 Å². The molecule has 0 radical (unpaired) electrons. The maximum absolute atomic E-state index is 14.2. The highest BCUT2D eigenvalue weighted by molar-refractivity contribution is 6.30. The van der Waals surface area contributed by atoms with E-state index in [1.807, 2.05) is 13.0 Å². The standard InChI is InChI=1S/C20H14ClFN4O/c1-11-18(10-20(26-25-11)15-8-12(21)2-5-16(15)22)24-17-6-7-23-19-9-13(27)3-4-14(17)19/h2-10,27H,1H3,(H,23,24,26). The Balaban J connectivity index is 1.78. The Bertz CT molecular complexity index is 1170. The van der Waals surface area contributed by atoms with Crippen LogP contribution in [-0.4, -0.2) is 20.3 Å². The number of nitrogens with one attached hydrogen (secondary N) is 1. The van der Waals surface area contributed by atoms with Crippen molar-refractivity contribution in [2.24, 2.45) is 0 Å². The number of phenolic OH excluding ortho intramolecular Hbond substituents is 1. The molecule has 0 aliphatic rings. The van der Waals surface area contributed by atoms with Crippen LogP contribution < -0.4 is 5.32 Å². The van der Waals surface area contributed by atoms with Gasteiger partial charge in [-0.15, -0.1) is 0 Å². The largest absolute Gasteiger partial charge is 0.508 e. The van der Waals surface area contributed by atoms with Crippen LogP contribution in [0.4, 0.5) is 15.8 Å². The Morgan fingerprint density at radius 3 is 2.70 bits per heavy atom. The Labute approximate surface area is 159 Å². The summed E-state index contributed by atoms with van der Waals surface area (Å²) in [5.74, 6) is -0.277. The number of aromatic hydroxyl groups is 1. The normalized spacial score (nSPS) is 10.9. The predicted molar refractivity (Wildman–Crippen MR) is 104 cm³/mol. The fraction of sp³-hybridized carbons (Fsp3) is 0.0500. The summed E-state index contributed by atoms with van der Waals surface area (Å²) in [6, 6.07) is 12.8. The number of hydrogen-bond donors (Lipinski definition) is 2. The van der Waals surface area contributed by atoms with Gasteiger partial charge in [-0.05, 0) is 49.4 Å². The quantitative estimate of drug-likeness (QED) is 0.508. The van der Waals surface area contributed by atoms with E-state index in [0.717, 1.165) is 11.1 Å². The minimum absolute atomic E-state index is 0.146. The van der Waals surface area contributed by atoms with E-state index in [1.54, 1.807) is 30.5 Å². The molecule has 0 unspecified atom stereocenters. The van der Waals surface area contributed by atoms with Crippen molar-refractivity contribution in [2.45, 2.75) is 6.92 Å². The van der Waals surface area contributed by atoms with Gasteiger partial charge in [0, 0.05) is 33.9 Å². The van der Waals surface area contributed by atoms with Crippen molar-refractivity contribution in [1.29, 1.82) is 0 Å². The number of aryl methyl sites for hydroxylation is 1. The monoisotopic (exact) mass is 380 g/mol. The van der Waals surface area contributed by atoms with E-state index in [9.17, 15) is 9.50 Å². The van der Waals surface area contributed by atoms with Crippen molar-refractivity contribution in [3.63, 3.8) is 0 Å². The zero-order chi connectivity index (χ0) is 19.0. The van der Waals surface area contributed by atoms with Crippen molar-refractivity contribution in [3.05, 3.63) is 71.3 Å². The minimum atomic E-state index is -0.423. The molecule has 2 heterocycles. The molecule has 2 aromatic carbocycles. The van der Waals surface area contributed by atoms with Gasteiger partial charge in [-0.25, -0.2) is 4.39 Å². The summed E-state index contributed by atoms with van der Waals surface area (Å²) in [5, 5.41) is 22.4. The van der Waals surface area contributed by atoms with Crippen LogP contribution in [0.15, 0.2) is 54.7 Å². The number of hydrogen-bond acceptors (Lipinski definition) is 5. The highest BCUT2D eigenvalue weighted by Gasteiger charge is 2.12. The lowest BCUT2D eigenvalue weighted by molar-refractivity contribution is 0.476. The number of aromatic nitrogens is 3. The molecule has 0 saturated carbocycles. The summed E-state index contributed by atoms with van der Waals surface area (Å²) in [4.78, 5) is 4.26. The average Bonchev–Trinajstić information content (AvgIpc) is 2.65. The Hall–Kier alpha value is -3.25. The molecule has 4 aromatic rings. The van der Waals surface area contributed by atoms with E-state index in [-0.39, 0.29) is 11.3 Å². The number of benzene rings is 2. The van der Waals surface area contributed by atoms with Crippen molar-refractivity contribution < 1.29 is 9.50 Å². The number of pyridine rings is 1. The maximum Gasteiger partial charge on any atom is 0.132 e. The molecule has 0 bridgehead atoms. The van der Waals surface area contributed by atoms with Crippen molar-refractivity contribution >= 4 is 33.9 Å². The molecule has 2 N–H and O–H groups in total. The third kappa shape index (κ3) is 3.39. The molecule has 0 aliphatic carbocycles. The zero-order valence-electron chi connectivity index (χ0n) is 14.2. The van der Waals surface area contributed by atoms with Crippen LogP contribution in [0.1, 0.15) is 5.69 Å². The lowest BCUT2D eigenvalue weighted by atomic mass is 10.1. The Morgan fingerprint density at radius 1 is 1.00 bits per heavy atom. The van der Waals surface area contributed by atoms with Gasteiger partial charge in [-0.3, -0.25) is 4.98 Å². The van der Waals surface area contributed by atoms with E-state index in [4.69, 9.17) is 11.6 Å². The van der Waals surface area contributed by atoms with E-state index in [0.29, 0.717) is 27.6 Å². The second-order valence-electron chi connectivity index (χ2n) is 6.04. The van der Waals surface area contributed by atoms with Crippen LogP contribution >= 0.6 is 11.6 Å². The van der Waals surface area contributed by atoms with Gasteiger partial charge in [0.25, 0.3) is 0 Å². The SMILES string of the molecule is Cc1nnc(-c2cc(Cl)ccc2F)cc1Nc1ccnc2cc(O)ccc12. The van der Waals surface area contributed by atoms with Gasteiger partial charge in [0.1, 0.15) is 11.6 Å². The van der Waals surface area contributed by atoms with Crippen LogP contribution in [0.5, 0.6) is 5.75 Å². The summed E-state index contributed by atoms with van der Waals surface area (Å²) in [6.45, 7) is 1.81. The lowest BCUT2D eigenvalue weighted by Gasteiger charge is -2.12. The first-order chi connectivity index (χ1) is 13.0. The first-order valence-electron chi connectivity index (χ1n) is 8.16. The van der Waals surface area contributed by atoms with E-state index < -0.39 is 5.82 Å².